The molecule has 0 atom stereocenters. The molecule has 0 fully saturated rings. The number of ether oxygens (including phenoxy) is 2. The van der Waals surface area contributed by atoms with Gasteiger partial charge in [-0.3, -0.25) is 0 Å². The average molecular weight is 461 g/mol. The standard InChI is InChI=1S/C20H17BrN2O4S/c1-3-8-27-18-13(21)9-12(10-16(18)26-2)11-17(19(24)25)28-20-22-14-6-4-5-7-15(14)23-20/h3-7,9-11H,1,8H2,2H3,(H,22,23)(H,24,25)/b17-11-. The van der Waals surface area contributed by atoms with Crippen LogP contribution in [0.4, 0.5) is 0 Å². The van der Waals surface area contributed by atoms with Gasteiger partial charge in [0.15, 0.2) is 16.7 Å². The molecule has 0 aliphatic rings. The molecule has 0 bridgehead atoms. The molecule has 3 aromatic rings. The number of rotatable bonds is 8. The molecule has 0 aliphatic heterocycles. The van der Waals surface area contributed by atoms with E-state index in [-0.39, 0.29) is 4.91 Å². The molecular weight excluding hydrogens is 444 g/mol. The van der Waals surface area contributed by atoms with Gasteiger partial charge in [-0.05, 0) is 63.6 Å². The number of benzene rings is 2. The van der Waals surface area contributed by atoms with E-state index in [0.29, 0.717) is 33.3 Å². The topological polar surface area (TPSA) is 84.4 Å². The quantitative estimate of drug-likeness (QED) is 0.275. The van der Waals surface area contributed by atoms with Gasteiger partial charge in [0.05, 0.1) is 22.6 Å². The van der Waals surface area contributed by atoms with Crippen LogP contribution in [-0.2, 0) is 4.79 Å². The van der Waals surface area contributed by atoms with Gasteiger partial charge in [-0.25, -0.2) is 9.78 Å². The van der Waals surface area contributed by atoms with Gasteiger partial charge in [-0.2, -0.15) is 0 Å². The number of thioether (sulfide) groups is 1. The maximum Gasteiger partial charge on any atom is 0.342 e. The number of aromatic nitrogens is 2. The summed E-state index contributed by atoms with van der Waals surface area (Å²) in [5.41, 5.74) is 2.28. The first-order valence-corrected chi connectivity index (χ1v) is 9.81. The number of hydrogen-bond donors (Lipinski definition) is 2. The number of halogens is 1. The summed E-state index contributed by atoms with van der Waals surface area (Å²) < 4.78 is 11.6. The molecule has 0 amide bonds. The second-order valence-electron chi connectivity index (χ2n) is 5.61. The summed E-state index contributed by atoms with van der Waals surface area (Å²) in [6.45, 7) is 3.95. The van der Waals surface area contributed by atoms with Crippen molar-refractivity contribution in [3.05, 3.63) is 64.0 Å². The number of carboxylic acids is 1. The summed E-state index contributed by atoms with van der Waals surface area (Å²) in [7, 11) is 1.53. The lowest BCUT2D eigenvalue weighted by atomic mass is 10.2. The first-order chi connectivity index (χ1) is 13.5. The van der Waals surface area contributed by atoms with Gasteiger partial charge in [0.25, 0.3) is 0 Å². The lowest BCUT2D eigenvalue weighted by Gasteiger charge is -2.12. The molecule has 2 N–H and O–H groups in total. The molecule has 28 heavy (non-hydrogen) atoms. The Balaban J connectivity index is 1.94. The van der Waals surface area contributed by atoms with E-state index < -0.39 is 5.97 Å². The van der Waals surface area contributed by atoms with Crippen molar-refractivity contribution in [2.45, 2.75) is 5.16 Å². The van der Waals surface area contributed by atoms with Gasteiger partial charge in [0, 0.05) is 0 Å². The van der Waals surface area contributed by atoms with Crippen molar-refractivity contribution >= 4 is 50.8 Å². The van der Waals surface area contributed by atoms with Crippen molar-refractivity contribution in [2.75, 3.05) is 13.7 Å². The molecule has 6 nitrogen and oxygen atoms in total. The van der Waals surface area contributed by atoms with Gasteiger partial charge >= 0.3 is 5.97 Å². The van der Waals surface area contributed by atoms with E-state index in [1.165, 1.54) is 7.11 Å². The Morgan fingerprint density at radius 2 is 2.18 bits per heavy atom. The highest BCUT2D eigenvalue weighted by atomic mass is 79.9. The molecule has 0 spiro atoms. The monoisotopic (exact) mass is 460 g/mol. The fourth-order valence-electron chi connectivity index (χ4n) is 2.47. The smallest absolute Gasteiger partial charge is 0.342 e. The lowest BCUT2D eigenvalue weighted by molar-refractivity contribution is -0.131. The van der Waals surface area contributed by atoms with Crippen LogP contribution in [0.25, 0.3) is 17.1 Å². The van der Waals surface area contributed by atoms with Crippen LogP contribution in [0.2, 0.25) is 0 Å². The van der Waals surface area contributed by atoms with Crippen LogP contribution in [0.1, 0.15) is 5.56 Å². The number of nitrogens with one attached hydrogen (secondary N) is 1. The number of nitrogens with zero attached hydrogens (tertiary/aromatic N) is 1. The van der Waals surface area contributed by atoms with E-state index in [0.717, 1.165) is 22.8 Å². The average Bonchev–Trinajstić information content (AvgIpc) is 3.08. The van der Waals surface area contributed by atoms with E-state index in [2.05, 4.69) is 32.5 Å². The molecule has 0 radical (unpaired) electrons. The van der Waals surface area contributed by atoms with Crippen molar-refractivity contribution in [3.8, 4) is 11.5 Å². The molecule has 3 rings (SSSR count). The molecule has 0 saturated carbocycles. The maximum atomic E-state index is 11.8. The highest BCUT2D eigenvalue weighted by Crippen LogP contribution is 2.38. The molecule has 144 valence electrons. The van der Waals surface area contributed by atoms with Crippen LogP contribution in [0.3, 0.4) is 0 Å². The SMILES string of the molecule is C=CCOc1c(Br)cc(/C=C(\Sc2nc3ccccc3[nH]2)C(=O)O)cc1OC. The number of aromatic amines is 1. The van der Waals surface area contributed by atoms with Crippen LogP contribution in [0, 0.1) is 0 Å². The zero-order valence-electron chi connectivity index (χ0n) is 14.9. The van der Waals surface area contributed by atoms with Crippen LogP contribution < -0.4 is 9.47 Å². The Morgan fingerprint density at radius 1 is 1.39 bits per heavy atom. The highest BCUT2D eigenvalue weighted by Gasteiger charge is 2.15. The van der Waals surface area contributed by atoms with E-state index in [1.807, 2.05) is 24.3 Å². The summed E-state index contributed by atoms with van der Waals surface area (Å²) >= 11 is 4.49. The third-order valence-corrected chi connectivity index (χ3v) is 5.17. The Bertz CT molecular complexity index is 1030. The third-order valence-electron chi connectivity index (χ3n) is 3.68. The van der Waals surface area contributed by atoms with Crippen molar-refractivity contribution in [1.29, 1.82) is 0 Å². The number of aliphatic carboxylic acids is 1. The molecule has 1 heterocycles. The van der Waals surface area contributed by atoms with Crippen LogP contribution in [-0.4, -0.2) is 34.8 Å². The van der Waals surface area contributed by atoms with Crippen LogP contribution >= 0.6 is 27.7 Å². The molecular formula is C20H17BrN2O4S. The van der Waals surface area contributed by atoms with Crippen molar-refractivity contribution in [2.24, 2.45) is 0 Å². The first-order valence-electron chi connectivity index (χ1n) is 8.20. The highest BCUT2D eigenvalue weighted by molar-refractivity contribution is 9.10. The van der Waals surface area contributed by atoms with Crippen molar-refractivity contribution < 1.29 is 19.4 Å². The van der Waals surface area contributed by atoms with E-state index in [9.17, 15) is 9.90 Å². The third kappa shape index (κ3) is 4.58. The summed E-state index contributed by atoms with van der Waals surface area (Å²) in [5.74, 6) is -0.0326. The van der Waals surface area contributed by atoms with Gasteiger partial charge in [-0.15, -0.1) is 0 Å². The molecule has 2 aromatic carbocycles. The fraction of sp³-hybridized carbons (Fsp3) is 0.100. The van der Waals surface area contributed by atoms with Crippen LogP contribution in [0.5, 0.6) is 11.5 Å². The van der Waals surface area contributed by atoms with E-state index >= 15 is 0 Å². The molecule has 0 aliphatic carbocycles. The van der Waals surface area contributed by atoms with Crippen molar-refractivity contribution in [1.82, 2.24) is 9.97 Å². The number of carboxylic acid groups (broad SMARTS) is 1. The second kappa shape index (κ2) is 8.99. The van der Waals surface area contributed by atoms with E-state index in [4.69, 9.17) is 9.47 Å². The summed E-state index contributed by atoms with van der Waals surface area (Å²) in [6.07, 6.45) is 3.19. The lowest BCUT2D eigenvalue weighted by Crippen LogP contribution is -1.99. The molecule has 8 heteroatoms. The summed E-state index contributed by atoms with van der Waals surface area (Å²) in [6, 6.07) is 11.0. The number of imidazole rings is 1. The number of methoxy groups -OCH3 is 1. The zero-order valence-corrected chi connectivity index (χ0v) is 17.3. The zero-order chi connectivity index (χ0) is 20.1. The predicted molar refractivity (Wildman–Crippen MR) is 114 cm³/mol. The minimum absolute atomic E-state index is 0.118. The number of carbonyl (C=O) groups is 1. The Morgan fingerprint density at radius 3 is 2.86 bits per heavy atom. The summed E-state index contributed by atoms with van der Waals surface area (Å²) in [4.78, 5) is 19.4. The van der Waals surface area contributed by atoms with E-state index in [1.54, 1.807) is 24.3 Å². The van der Waals surface area contributed by atoms with Crippen molar-refractivity contribution in [3.63, 3.8) is 0 Å². The van der Waals surface area contributed by atoms with Gasteiger partial charge in [-0.1, -0.05) is 24.8 Å². The largest absolute Gasteiger partial charge is 0.493 e. The van der Waals surface area contributed by atoms with Gasteiger partial charge < -0.3 is 19.6 Å². The maximum absolute atomic E-state index is 11.8. The minimum atomic E-state index is -1.05. The minimum Gasteiger partial charge on any atom is -0.493 e. The fourth-order valence-corrected chi connectivity index (χ4v) is 3.84. The predicted octanol–water partition coefficient (Wildman–Crippen LogP) is 5.12. The van der Waals surface area contributed by atoms with Gasteiger partial charge in [0.1, 0.15) is 11.5 Å². The summed E-state index contributed by atoms with van der Waals surface area (Å²) in [5, 5.41) is 10.1. The number of para-hydroxylation sites is 2. The Kier molecular flexibility index (Phi) is 6.43. The normalized spacial score (nSPS) is 11.4. The molecule has 0 unspecified atom stereocenters. The molecule has 1 aromatic heterocycles. The number of fused-ring (bicyclic) bond motifs is 1. The number of hydrogen-bond acceptors (Lipinski definition) is 5. The Labute approximate surface area is 174 Å². The number of H-pyrrole nitrogens is 1. The molecule has 0 saturated heterocycles. The van der Waals surface area contributed by atoms with Crippen LogP contribution in [0.15, 0.2) is 63.6 Å². The van der Waals surface area contributed by atoms with Gasteiger partial charge in [0.2, 0.25) is 0 Å². The first kappa shape index (κ1) is 20.0. The second-order valence-corrected chi connectivity index (χ2v) is 7.49. The Hall–Kier alpha value is -2.71.